The summed E-state index contributed by atoms with van der Waals surface area (Å²) in [6, 6.07) is 28.6. The van der Waals surface area contributed by atoms with Crippen LogP contribution in [0.2, 0.25) is 0 Å². The molecule has 0 radical (unpaired) electrons. The van der Waals surface area contributed by atoms with Crippen molar-refractivity contribution in [3.8, 4) is 47.5 Å². The highest BCUT2D eigenvalue weighted by Crippen LogP contribution is 2.52. The van der Waals surface area contributed by atoms with Crippen LogP contribution in [0.25, 0.3) is 0 Å². The predicted octanol–water partition coefficient (Wildman–Crippen LogP) is 11.3. The molecule has 1 heterocycles. The van der Waals surface area contributed by atoms with Gasteiger partial charge < -0.3 is 4.74 Å². The predicted molar refractivity (Wildman–Crippen MR) is 223 cm³/mol. The van der Waals surface area contributed by atoms with Gasteiger partial charge in [0.2, 0.25) is 0 Å². The van der Waals surface area contributed by atoms with E-state index >= 15 is 0 Å². The SMILES string of the molecule is C#Cc1cc2ccc1CCc1ccc(c(C#Cc3cc(C(C)(C)C)cc4c3Oc3c(C#Cc5ccc([N+](=O)[O-])cc5)cc(C(C)(C)C)cc3C4(C)C)c1)CC2. The minimum absolute atomic E-state index is 0.0356. The van der Waals surface area contributed by atoms with Crippen molar-refractivity contribution in [3.05, 3.63) is 167 Å². The lowest BCUT2D eigenvalue weighted by molar-refractivity contribution is -0.384. The third-order valence-corrected chi connectivity index (χ3v) is 11.1. The highest BCUT2D eigenvalue weighted by atomic mass is 16.6. The summed E-state index contributed by atoms with van der Waals surface area (Å²) in [6.45, 7) is 17.9. The Kier molecular flexibility index (Phi) is 9.49. The first-order valence-corrected chi connectivity index (χ1v) is 19.1. The van der Waals surface area contributed by atoms with Gasteiger partial charge in [-0.3, -0.25) is 10.1 Å². The molecule has 0 unspecified atom stereocenters. The second-order valence-electron chi connectivity index (χ2n) is 17.5. The number of benzene rings is 5. The minimum atomic E-state index is -0.434. The Morgan fingerprint density at radius 2 is 1.09 bits per heavy atom. The summed E-state index contributed by atoms with van der Waals surface area (Å²) in [5.41, 5.74) is 13.1. The number of nitro benzene ring substituents is 1. The summed E-state index contributed by atoms with van der Waals surface area (Å²) in [5.74, 6) is 18.3. The van der Waals surface area contributed by atoms with E-state index in [1.807, 2.05) is 0 Å². The van der Waals surface area contributed by atoms with Gasteiger partial charge >= 0.3 is 0 Å². The second kappa shape index (κ2) is 14.0. The molecule has 0 atom stereocenters. The summed E-state index contributed by atoms with van der Waals surface area (Å²) in [4.78, 5) is 10.9. The molecule has 0 saturated heterocycles. The minimum Gasteiger partial charge on any atom is -0.454 e. The Morgan fingerprint density at radius 1 is 0.618 bits per heavy atom. The first-order valence-electron chi connectivity index (χ1n) is 19.1. The van der Waals surface area contributed by atoms with Crippen molar-refractivity contribution in [1.29, 1.82) is 0 Å². The standard InChI is InChI=1S/C51H47NO3/c1-10-36-27-34-12-18-37(36)19-13-35-15-21-38(20-14-34)39(28-35)23-24-41-30-43(50(5,6)7)32-46-48(41)55-47-40(22-11-33-16-25-44(26-17-33)52(53)54)29-42(49(2,3)4)31-45(47)51(46,8)9/h1,12,15-18,21,25-32H,13-14,19-20H2,2-9H3. The average molecular weight is 722 g/mol. The molecule has 0 amide bonds. The lowest BCUT2D eigenvalue weighted by Gasteiger charge is -2.38. The Morgan fingerprint density at radius 3 is 1.58 bits per heavy atom. The van der Waals surface area contributed by atoms with Gasteiger partial charge in [0.25, 0.3) is 5.69 Å². The largest absolute Gasteiger partial charge is 0.454 e. The zero-order chi connectivity index (χ0) is 39.3. The van der Waals surface area contributed by atoms with Crippen molar-refractivity contribution in [3.63, 3.8) is 0 Å². The van der Waals surface area contributed by atoms with Gasteiger partial charge in [-0.15, -0.1) is 6.42 Å². The fraction of sp³-hybridized carbons (Fsp3) is 0.294. The molecule has 4 bridgehead atoms. The van der Waals surface area contributed by atoms with E-state index in [1.54, 1.807) is 12.1 Å². The smallest absolute Gasteiger partial charge is 0.269 e. The van der Waals surface area contributed by atoms with Crippen molar-refractivity contribution in [2.45, 2.75) is 97.3 Å². The molecule has 4 nitrogen and oxygen atoms in total. The first kappa shape index (κ1) is 37.3. The number of aryl methyl sites for hydroxylation is 4. The van der Waals surface area contributed by atoms with Crippen LogP contribution in [0.15, 0.2) is 84.9 Å². The highest BCUT2D eigenvalue weighted by molar-refractivity contribution is 5.69. The van der Waals surface area contributed by atoms with Crippen molar-refractivity contribution in [2.75, 3.05) is 0 Å². The number of nitro groups is 1. The third-order valence-electron chi connectivity index (χ3n) is 11.1. The lowest BCUT2D eigenvalue weighted by atomic mass is 9.70. The topological polar surface area (TPSA) is 52.4 Å². The normalized spacial score (nSPS) is 14.0. The quantitative estimate of drug-likeness (QED) is 0.0984. The summed E-state index contributed by atoms with van der Waals surface area (Å²) in [6.07, 6.45) is 9.40. The number of nitrogens with zero attached hydrogens (tertiary/aromatic N) is 1. The number of non-ortho nitro benzene ring substituents is 1. The van der Waals surface area contributed by atoms with Crippen LogP contribution in [0, 0.1) is 46.1 Å². The molecular formula is C51H47NO3. The molecule has 4 aliphatic carbocycles. The molecule has 10 rings (SSSR count). The summed E-state index contributed by atoms with van der Waals surface area (Å²) in [5, 5.41) is 11.3. The molecule has 0 spiro atoms. The fourth-order valence-corrected chi connectivity index (χ4v) is 7.45. The number of fused-ring (bicyclic) bond motifs is 2. The molecule has 0 N–H and O–H groups in total. The number of hydrogen-bond acceptors (Lipinski definition) is 3. The molecule has 55 heavy (non-hydrogen) atoms. The summed E-state index contributed by atoms with van der Waals surface area (Å²) >= 11 is 0. The van der Waals surface area contributed by atoms with Crippen LogP contribution in [-0.2, 0) is 41.9 Å². The lowest BCUT2D eigenvalue weighted by Crippen LogP contribution is -2.28. The fourth-order valence-electron chi connectivity index (χ4n) is 7.45. The Labute approximate surface area is 326 Å². The zero-order valence-corrected chi connectivity index (χ0v) is 33.2. The van der Waals surface area contributed by atoms with Gasteiger partial charge in [0.05, 0.1) is 16.1 Å². The molecule has 4 heteroatoms. The molecule has 5 aliphatic rings. The van der Waals surface area contributed by atoms with E-state index in [0.29, 0.717) is 5.56 Å². The summed E-state index contributed by atoms with van der Waals surface area (Å²) < 4.78 is 7.04. The number of rotatable bonds is 1. The van der Waals surface area contributed by atoms with E-state index in [0.717, 1.165) is 76.1 Å². The maximum absolute atomic E-state index is 11.3. The van der Waals surface area contributed by atoms with E-state index in [9.17, 15) is 10.1 Å². The van der Waals surface area contributed by atoms with Crippen molar-refractivity contribution < 1.29 is 9.66 Å². The second-order valence-corrected chi connectivity index (χ2v) is 17.5. The zero-order valence-electron chi connectivity index (χ0n) is 33.2. The first-order chi connectivity index (χ1) is 26.0. The van der Waals surface area contributed by atoms with E-state index in [2.05, 4.69) is 146 Å². The van der Waals surface area contributed by atoms with Crippen LogP contribution in [0.5, 0.6) is 11.5 Å². The van der Waals surface area contributed by atoms with E-state index < -0.39 is 10.3 Å². The van der Waals surface area contributed by atoms with Crippen LogP contribution in [-0.4, -0.2) is 4.92 Å². The molecular weight excluding hydrogens is 675 g/mol. The average Bonchev–Trinajstić information content (AvgIpc) is 3.13. The van der Waals surface area contributed by atoms with Crippen molar-refractivity contribution >= 4 is 5.69 Å². The van der Waals surface area contributed by atoms with Gasteiger partial charge in [-0.25, -0.2) is 0 Å². The van der Waals surface area contributed by atoms with E-state index in [4.69, 9.17) is 11.2 Å². The molecule has 0 aromatic heterocycles. The van der Waals surface area contributed by atoms with Gasteiger partial charge in [0.1, 0.15) is 11.5 Å². The van der Waals surface area contributed by atoms with E-state index in [1.165, 1.54) is 39.9 Å². The maximum atomic E-state index is 11.3. The van der Waals surface area contributed by atoms with Gasteiger partial charge in [-0.05, 0) is 106 Å². The number of ether oxygens (including phenoxy) is 1. The van der Waals surface area contributed by atoms with Gasteiger partial charge in [-0.1, -0.05) is 121 Å². The summed E-state index contributed by atoms with van der Waals surface area (Å²) in [7, 11) is 0. The van der Waals surface area contributed by atoms with Crippen LogP contribution >= 0.6 is 0 Å². The molecule has 5 aromatic rings. The number of terminal acetylenes is 1. The maximum Gasteiger partial charge on any atom is 0.269 e. The van der Waals surface area contributed by atoms with Gasteiger partial charge in [0.15, 0.2) is 0 Å². The molecule has 5 aromatic carbocycles. The molecule has 0 saturated carbocycles. The van der Waals surface area contributed by atoms with Crippen molar-refractivity contribution in [2.24, 2.45) is 0 Å². The van der Waals surface area contributed by atoms with Crippen LogP contribution in [0.4, 0.5) is 5.69 Å². The van der Waals surface area contributed by atoms with Crippen LogP contribution in [0.3, 0.4) is 0 Å². The Hall–Kier alpha value is -6.02. The Balaban J connectivity index is 1.36. The van der Waals surface area contributed by atoms with Crippen LogP contribution < -0.4 is 4.74 Å². The third kappa shape index (κ3) is 7.54. The molecule has 0 fully saturated rings. The Bertz CT molecular complexity index is 2540. The monoisotopic (exact) mass is 721 g/mol. The van der Waals surface area contributed by atoms with Crippen molar-refractivity contribution in [1.82, 2.24) is 0 Å². The van der Waals surface area contributed by atoms with E-state index in [-0.39, 0.29) is 16.5 Å². The molecule has 274 valence electrons. The van der Waals surface area contributed by atoms with Gasteiger partial charge in [-0.2, -0.15) is 0 Å². The van der Waals surface area contributed by atoms with Crippen LogP contribution in [0.1, 0.15) is 128 Å². The van der Waals surface area contributed by atoms with Gasteiger partial charge in [0, 0.05) is 45.4 Å². The highest BCUT2D eigenvalue weighted by Gasteiger charge is 2.39. The molecule has 1 aliphatic heterocycles. The number of hydrogen-bond donors (Lipinski definition) is 0.